The molecule has 0 radical (unpaired) electrons. The van der Waals surface area contributed by atoms with Crippen LogP contribution >= 0.6 is 0 Å². The summed E-state index contributed by atoms with van der Waals surface area (Å²) in [6, 6.07) is 7.72. The van der Waals surface area contributed by atoms with E-state index in [-0.39, 0.29) is 5.91 Å². The number of allylic oxidation sites excluding steroid dienone is 1. The minimum Gasteiger partial charge on any atom is -0.478 e. The van der Waals surface area contributed by atoms with E-state index in [4.69, 9.17) is 5.11 Å². The van der Waals surface area contributed by atoms with Crippen molar-refractivity contribution in [1.29, 1.82) is 0 Å². The lowest BCUT2D eigenvalue weighted by atomic mass is 10.1. The number of aliphatic carboxylic acids is 1. The molecular formula is C15H15NO3. The maximum atomic E-state index is 11.6. The Morgan fingerprint density at radius 3 is 2.74 bits per heavy atom. The van der Waals surface area contributed by atoms with Gasteiger partial charge < -0.3 is 5.11 Å². The zero-order chi connectivity index (χ0) is 13.8. The van der Waals surface area contributed by atoms with Gasteiger partial charge in [0.1, 0.15) is 0 Å². The summed E-state index contributed by atoms with van der Waals surface area (Å²) in [7, 11) is 0. The number of benzene rings is 1. The summed E-state index contributed by atoms with van der Waals surface area (Å²) < 4.78 is 1.63. The van der Waals surface area contributed by atoms with Crippen molar-refractivity contribution in [3.05, 3.63) is 48.2 Å². The van der Waals surface area contributed by atoms with Gasteiger partial charge in [-0.25, -0.2) is 4.79 Å². The van der Waals surface area contributed by atoms with Crippen LogP contribution in [0.4, 0.5) is 0 Å². The van der Waals surface area contributed by atoms with Crippen LogP contribution < -0.4 is 0 Å². The van der Waals surface area contributed by atoms with Crippen molar-refractivity contribution >= 4 is 22.8 Å². The molecule has 4 heteroatoms. The first kappa shape index (κ1) is 13.1. The molecule has 0 spiro atoms. The van der Waals surface area contributed by atoms with Crippen molar-refractivity contribution in [2.45, 2.75) is 19.8 Å². The van der Waals surface area contributed by atoms with Crippen molar-refractivity contribution in [3.8, 4) is 0 Å². The SMILES string of the molecule is CC(=O)n1cc(CC/C=C/C(=O)O)c2ccccc21. The molecule has 0 fully saturated rings. The smallest absolute Gasteiger partial charge is 0.327 e. The highest BCUT2D eigenvalue weighted by molar-refractivity contribution is 5.93. The highest BCUT2D eigenvalue weighted by atomic mass is 16.4. The van der Waals surface area contributed by atoms with Crippen LogP contribution in [0.1, 0.15) is 23.7 Å². The van der Waals surface area contributed by atoms with Gasteiger partial charge in [-0.1, -0.05) is 24.3 Å². The molecule has 0 unspecified atom stereocenters. The molecule has 0 aliphatic carbocycles. The number of aryl methyl sites for hydroxylation is 1. The lowest BCUT2D eigenvalue weighted by Crippen LogP contribution is -2.02. The largest absolute Gasteiger partial charge is 0.478 e. The van der Waals surface area contributed by atoms with Crippen molar-refractivity contribution < 1.29 is 14.7 Å². The molecule has 19 heavy (non-hydrogen) atoms. The summed E-state index contributed by atoms with van der Waals surface area (Å²) in [5.74, 6) is -0.963. The van der Waals surface area contributed by atoms with Gasteiger partial charge in [0.05, 0.1) is 5.52 Å². The molecule has 1 aromatic carbocycles. The van der Waals surface area contributed by atoms with E-state index in [1.807, 2.05) is 30.5 Å². The van der Waals surface area contributed by atoms with Crippen LogP contribution in [0.25, 0.3) is 10.9 Å². The van der Waals surface area contributed by atoms with Crippen LogP contribution in [-0.4, -0.2) is 21.6 Å². The Morgan fingerprint density at radius 2 is 2.05 bits per heavy atom. The fourth-order valence-corrected chi connectivity index (χ4v) is 2.13. The second kappa shape index (κ2) is 5.52. The van der Waals surface area contributed by atoms with Gasteiger partial charge in [-0.15, -0.1) is 0 Å². The molecule has 0 aliphatic heterocycles. The minimum absolute atomic E-state index is 0.0245. The van der Waals surface area contributed by atoms with Crippen molar-refractivity contribution in [2.75, 3.05) is 0 Å². The average molecular weight is 257 g/mol. The Morgan fingerprint density at radius 1 is 1.32 bits per heavy atom. The van der Waals surface area contributed by atoms with Gasteiger partial charge in [0.2, 0.25) is 5.91 Å². The molecule has 0 saturated carbocycles. The van der Waals surface area contributed by atoms with E-state index >= 15 is 0 Å². The molecule has 98 valence electrons. The topological polar surface area (TPSA) is 59.3 Å². The third-order valence-corrected chi connectivity index (χ3v) is 2.97. The summed E-state index contributed by atoms with van der Waals surface area (Å²) in [6.07, 6.45) is 5.96. The first-order chi connectivity index (χ1) is 9.09. The summed E-state index contributed by atoms with van der Waals surface area (Å²) in [6.45, 7) is 1.53. The number of hydrogen-bond donors (Lipinski definition) is 1. The number of aromatic nitrogens is 1. The van der Waals surface area contributed by atoms with E-state index in [1.165, 1.54) is 6.92 Å². The van der Waals surface area contributed by atoms with Crippen LogP contribution in [0, 0.1) is 0 Å². The molecule has 0 amide bonds. The standard InChI is InChI=1S/C15H15NO3/c1-11(17)16-10-12(6-2-5-9-15(18)19)13-7-3-4-8-14(13)16/h3-5,7-10H,2,6H2,1H3,(H,18,19)/b9-5+. The normalized spacial score (nSPS) is 11.2. The lowest BCUT2D eigenvalue weighted by molar-refractivity contribution is -0.131. The van der Waals surface area contributed by atoms with Crippen LogP contribution in [0.3, 0.4) is 0 Å². The fourth-order valence-electron chi connectivity index (χ4n) is 2.13. The number of nitrogens with zero attached hydrogens (tertiary/aromatic N) is 1. The van der Waals surface area contributed by atoms with Gasteiger partial charge in [-0.3, -0.25) is 9.36 Å². The lowest BCUT2D eigenvalue weighted by Gasteiger charge is -1.97. The average Bonchev–Trinajstić information content (AvgIpc) is 2.74. The molecular weight excluding hydrogens is 242 g/mol. The fraction of sp³-hybridized carbons (Fsp3) is 0.200. The molecule has 0 atom stereocenters. The van der Waals surface area contributed by atoms with Crippen LogP contribution in [0.15, 0.2) is 42.6 Å². The molecule has 4 nitrogen and oxygen atoms in total. The highest BCUT2D eigenvalue weighted by Gasteiger charge is 2.09. The Labute approximate surface area is 111 Å². The number of carboxylic acids is 1. The zero-order valence-electron chi connectivity index (χ0n) is 10.7. The summed E-state index contributed by atoms with van der Waals surface area (Å²) in [5, 5.41) is 9.57. The maximum absolute atomic E-state index is 11.6. The van der Waals surface area contributed by atoms with Gasteiger partial charge in [-0.05, 0) is 24.5 Å². The monoisotopic (exact) mass is 257 g/mol. The van der Waals surface area contributed by atoms with Gasteiger partial charge in [0.25, 0.3) is 0 Å². The van der Waals surface area contributed by atoms with E-state index in [0.29, 0.717) is 12.8 Å². The number of hydrogen-bond acceptors (Lipinski definition) is 2. The van der Waals surface area contributed by atoms with E-state index in [1.54, 1.807) is 10.6 Å². The van der Waals surface area contributed by atoms with Crippen molar-refractivity contribution in [2.24, 2.45) is 0 Å². The third kappa shape index (κ3) is 2.91. The van der Waals surface area contributed by atoms with Crippen molar-refractivity contribution in [3.63, 3.8) is 0 Å². The van der Waals surface area contributed by atoms with E-state index in [2.05, 4.69) is 0 Å². The molecule has 1 heterocycles. The first-order valence-corrected chi connectivity index (χ1v) is 6.09. The molecule has 0 bridgehead atoms. The summed E-state index contributed by atoms with van der Waals surface area (Å²) in [4.78, 5) is 21.9. The molecule has 0 aliphatic rings. The number of carboxylic acid groups (broad SMARTS) is 1. The van der Waals surface area contributed by atoms with E-state index in [0.717, 1.165) is 22.5 Å². The number of fused-ring (bicyclic) bond motifs is 1. The van der Waals surface area contributed by atoms with Crippen LogP contribution in [0.5, 0.6) is 0 Å². The zero-order valence-corrected chi connectivity index (χ0v) is 10.7. The van der Waals surface area contributed by atoms with Gasteiger partial charge in [-0.2, -0.15) is 0 Å². The van der Waals surface area contributed by atoms with Gasteiger partial charge in [0.15, 0.2) is 0 Å². The third-order valence-electron chi connectivity index (χ3n) is 2.97. The quantitative estimate of drug-likeness (QED) is 0.857. The second-order valence-corrected chi connectivity index (χ2v) is 4.34. The van der Waals surface area contributed by atoms with Gasteiger partial charge in [0, 0.05) is 24.6 Å². The highest BCUT2D eigenvalue weighted by Crippen LogP contribution is 2.22. The minimum atomic E-state index is -0.939. The van der Waals surface area contributed by atoms with Gasteiger partial charge >= 0.3 is 5.97 Å². The second-order valence-electron chi connectivity index (χ2n) is 4.34. The van der Waals surface area contributed by atoms with Crippen LogP contribution in [0.2, 0.25) is 0 Å². The predicted octanol–water partition coefficient (Wildman–Crippen LogP) is 2.87. The number of carbonyl (C=O) groups excluding carboxylic acids is 1. The Hall–Kier alpha value is -2.36. The molecule has 1 N–H and O–H groups in total. The number of para-hydroxylation sites is 1. The first-order valence-electron chi connectivity index (χ1n) is 6.09. The Kier molecular flexibility index (Phi) is 3.80. The molecule has 1 aromatic heterocycles. The predicted molar refractivity (Wildman–Crippen MR) is 73.3 cm³/mol. The Bertz CT molecular complexity index is 652. The van der Waals surface area contributed by atoms with E-state index < -0.39 is 5.97 Å². The number of carbonyl (C=O) groups is 2. The maximum Gasteiger partial charge on any atom is 0.327 e. The molecule has 2 aromatic rings. The van der Waals surface area contributed by atoms with Crippen LogP contribution in [-0.2, 0) is 11.2 Å². The van der Waals surface area contributed by atoms with E-state index in [9.17, 15) is 9.59 Å². The number of rotatable bonds is 4. The van der Waals surface area contributed by atoms with Crippen molar-refractivity contribution in [1.82, 2.24) is 4.57 Å². The molecule has 2 rings (SSSR count). The summed E-state index contributed by atoms with van der Waals surface area (Å²) >= 11 is 0. The molecule has 0 saturated heterocycles. The Balaban J connectivity index is 2.28. The summed E-state index contributed by atoms with van der Waals surface area (Å²) in [5.41, 5.74) is 1.95.